The number of nitrogens with zero attached hydrogens (tertiary/aromatic N) is 4. The number of carbonyl (C=O) groups is 3. The van der Waals surface area contributed by atoms with Gasteiger partial charge in [-0.3, -0.25) is 19.3 Å². The van der Waals surface area contributed by atoms with Gasteiger partial charge in [0.2, 0.25) is 11.8 Å². The quantitative estimate of drug-likeness (QED) is 0.645. The van der Waals surface area contributed by atoms with Crippen LogP contribution in [0.25, 0.3) is 0 Å². The van der Waals surface area contributed by atoms with Crippen LogP contribution in [0.2, 0.25) is 10.0 Å². The van der Waals surface area contributed by atoms with Crippen molar-refractivity contribution in [1.29, 1.82) is 0 Å². The van der Waals surface area contributed by atoms with Crippen molar-refractivity contribution in [1.82, 2.24) is 19.6 Å². The Hall–Kier alpha value is -1.83. The summed E-state index contributed by atoms with van der Waals surface area (Å²) < 4.78 is 0. The molecule has 1 unspecified atom stereocenters. The second kappa shape index (κ2) is 11.1. The van der Waals surface area contributed by atoms with Gasteiger partial charge in [-0.1, -0.05) is 23.2 Å². The Bertz CT molecular complexity index is 890. The summed E-state index contributed by atoms with van der Waals surface area (Å²) in [6, 6.07) is 4.89. The lowest BCUT2D eigenvalue weighted by Gasteiger charge is -2.35. The van der Waals surface area contributed by atoms with Crippen LogP contribution in [-0.4, -0.2) is 96.2 Å². The molecule has 0 spiro atoms. The largest absolute Gasteiger partial charge is 0.342 e. The van der Waals surface area contributed by atoms with Gasteiger partial charge in [0.15, 0.2) is 0 Å². The van der Waals surface area contributed by atoms with Crippen molar-refractivity contribution in [3.8, 4) is 0 Å². The van der Waals surface area contributed by atoms with Crippen molar-refractivity contribution < 1.29 is 14.4 Å². The smallest absolute Gasteiger partial charge is 0.253 e. The predicted octanol–water partition coefficient (Wildman–Crippen LogP) is 3.00. The van der Waals surface area contributed by atoms with Crippen molar-refractivity contribution in [2.24, 2.45) is 5.92 Å². The van der Waals surface area contributed by atoms with E-state index in [0.29, 0.717) is 54.9 Å². The van der Waals surface area contributed by atoms with E-state index in [-0.39, 0.29) is 23.6 Å². The third kappa shape index (κ3) is 6.00. The van der Waals surface area contributed by atoms with Crippen LogP contribution in [-0.2, 0) is 9.59 Å². The van der Waals surface area contributed by atoms with E-state index < -0.39 is 0 Å². The lowest BCUT2D eigenvalue weighted by atomic mass is 9.95. The molecule has 0 N–H and O–H groups in total. The summed E-state index contributed by atoms with van der Waals surface area (Å²) in [5.41, 5.74) is 0.491. The monoisotopic (exact) mass is 494 g/mol. The molecule has 0 aliphatic carbocycles. The van der Waals surface area contributed by atoms with E-state index in [1.807, 2.05) is 9.80 Å². The number of benzene rings is 1. The average molecular weight is 495 g/mol. The molecule has 4 rings (SSSR count). The first kappa shape index (κ1) is 24.3. The van der Waals surface area contributed by atoms with Gasteiger partial charge in [-0.2, -0.15) is 0 Å². The fourth-order valence-electron chi connectivity index (χ4n) is 5.04. The highest BCUT2D eigenvalue weighted by Crippen LogP contribution is 2.26. The number of rotatable bonds is 4. The van der Waals surface area contributed by atoms with Crippen LogP contribution in [0, 0.1) is 5.92 Å². The molecule has 3 aliphatic rings. The fourth-order valence-corrected chi connectivity index (χ4v) is 5.34. The van der Waals surface area contributed by atoms with Gasteiger partial charge in [0.25, 0.3) is 5.91 Å². The summed E-state index contributed by atoms with van der Waals surface area (Å²) in [6.07, 6.45) is 4.64. The molecule has 0 bridgehead atoms. The van der Waals surface area contributed by atoms with Crippen LogP contribution in [0.3, 0.4) is 0 Å². The van der Waals surface area contributed by atoms with E-state index in [4.69, 9.17) is 23.2 Å². The van der Waals surface area contributed by atoms with E-state index in [0.717, 1.165) is 51.7 Å². The third-order valence-electron chi connectivity index (χ3n) is 6.94. The summed E-state index contributed by atoms with van der Waals surface area (Å²) in [7, 11) is 0. The highest BCUT2D eigenvalue weighted by Gasteiger charge is 2.33. The molecule has 3 fully saturated rings. The molecule has 33 heavy (non-hydrogen) atoms. The van der Waals surface area contributed by atoms with Crippen LogP contribution < -0.4 is 0 Å². The van der Waals surface area contributed by atoms with Crippen LogP contribution in [0.1, 0.15) is 42.5 Å². The number of amides is 3. The minimum absolute atomic E-state index is 0.117. The average Bonchev–Trinajstić information content (AvgIpc) is 3.27. The second-order valence-electron chi connectivity index (χ2n) is 9.26. The minimum Gasteiger partial charge on any atom is -0.342 e. The Morgan fingerprint density at radius 3 is 2.27 bits per heavy atom. The van der Waals surface area contributed by atoms with Crippen LogP contribution in [0.5, 0.6) is 0 Å². The number of halogens is 2. The maximum atomic E-state index is 13.3. The van der Waals surface area contributed by atoms with Gasteiger partial charge in [0, 0.05) is 57.9 Å². The molecule has 3 amide bonds. The molecule has 0 aromatic heterocycles. The molecule has 0 radical (unpaired) electrons. The number of piperidine rings is 1. The molecule has 1 aromatic rings. The van der Waals surface area contributed by atoms with Crippen molar-refractivity contribution in [3.63, 3.8) is 0 Å². The lowest BCUT2D eigenvalue weighted by Crippen LogP contribution is -2.47. The Morgan fingerprint density at radius 1 is 0.788 bits per heavy atom. The predicted molar refractivity (Wildman–Crippen MR) is 129 cm³/mol. The number of hydrogen-bond donors (Lipinski definition) is 0. The van der Waals surface area contributed by atoms with Gasteiger partial charge in [-0.15, -0.1) is 0 Å². The molecule has 3 heterocycles. The molecule has 3 saturated heterocycles. The highest BCUT2D eigenvalue weighted by molar-refractivity contribution is 6.42. The fraction of sp³-hybridized carbons (Fsp3) is 0.625. The molecule has 1 atom stereocenters. The summed E-state index contributed by atoms with van der Waals surface area (Å²) in [5, 5.41) is 0.765. The zero-order valence-corrected chi connectivity index (χ0v) is 20.5. The first-order valence-electron chi connectivity index (χ1n) is 12.0. The molecule has 9 heteroatoms. The summed E-state index contributed by atoms with van der Waals surface area (Å²) in [5.74, 6) is 0.0159. The standard InChI is InChI=1S/C24H32Cl2N4O3/c25-20-7-6-18(15-21(20)26)23(32)30-11-3-5-19(16-30)24(33)29-12-4-8-27(13-14-29)17-22(31)28-9-1-2-10-28/h6-7,15,19H,1-5,8-14,16-17H2. The molecule has 7 nitrogen and oxygen atoms in total. The Morgan fingerprint density at radius 2 is 1.52 bits per heavy atom. The van der Waals surface area contributed by atoms with Crippen LogP contribution in [0.4, 0.5) is 0 Å². The maximum absolute atomic E-state index is 13.3. The van der Waals surface area contributed by atoms with Gasteiger partial charge in [-0.25, -0.2) is 0 Å². The topological polar surface area (TPSA) is 64.2 Å². The Labute approximate surface area is 205 Å². The lowest BCUT2D eigenvalue weighted by molar-refractivity contribution is -0.136. The van der Waals surface area contributed by atoms with Crippen molar-refractivity contribution in [3.05, 3.63) is 33.8 Å². The summed E-state index contributed by atoms with van der Waals surface area (Å²) in [4.78, 5) is 46.6. The van der Waals surface area contributed by atoms with Crippen molar-refractivity contribution in [2.75, 3.05) is 58.9 Å². The van der Waals surface area contributed by atoms with Crippen molar-refractivity contribution >= 4 is 40.9 Å². The van der Waals surface area contributed by atoms with E-state index in [2.05, 4.69) is 4.90 Å². The van der Waals surface area contributed by atoms with Crippen molar-refractivity contribution in [2.45, 2.75) is 32.1 Å². The molecular weight excluding hydrogens is 463 g/mol. The van der Waals surface area contributed by atoms with E-state index in [1.165, 1.54) is 0 Å². The molecule has 180 valence electrons. The number of hydrogen-bond acceptors (Lipinski definition) is 4. The highest BCUT2D eigenvalue weighted by atomic mass is 35.5. The third-order valence-corrected chi connectivity index (χ3v) is 7.68. The number of likely N-dealkylation sites (tertiary alicyclic amines) is 2. The normalized spacial score (nSPS) is 22.4. The zero-order chi connectivity index (χ0) is 23.4. The van der Waals surface area contributed by atoms with E-state index in [9.17, 15) is 14.4 Å². The Balaban J connectivity index is 1.31. The van der Waals surface area contributed by atoms with Gasteiger partial charge in [-0.05, 0) is 50.3 Å². The first-order valence-corrected chi connectivity index (χ1v) is 12.7. The minimum atomic E-state index is -0.191. The van der Waals surface area contributed by atoms with E-state index >= 15 is 0 Å². The van der Waals surface area contributed by atoms with Gasteiger partial charge in [0.05, 0.1) is 22.5 Å². The SMILES string of the molecule is O=C(CN1CCCN(C(=O)C2CCCN(C(=O)c3ccc(Cl)c(Cl)c3)C2)CC1)N1CCCC1. The number of carbonyl (C=O) groups excluding carboxylic acids is 3. The zero-order valence-electron chi connectivity index (χ0n) is 19.0. The molecule has 1 aromatic carbocycles. The molecule has 3 aliphatic heterocycles. The second-order valence-corrected chi connectivity index (χ2v) is 10.1. The first-order chi connectivity index (χ1) is 15.9. The van der Waals surface area contributed by atoms with Crippen LogP contribution in [0.15, 0.2) is 18.2 Å². The molecule has 0 saturated carbocycles. The van der Waals surface area contributed by atoms with E-state index in [1.54, 1.807) is 23.1 Å². The van der Waals surface area contributed by atoms with Gasteiger partial charge >= 0.3 is 0 Å². The summed E-state index contributed by atoms with van der Waals surface area (Å²) >= 11 is 12.1. The van der Waals surface area contributed by atoms with Gasteiger partial charge < -0.3 is 14.7 Å². The van der Waals surface area contributed by atoms with Crippen LogP contribution >= 0.6 is 23.2 Å². The van der Waals surface area contributed by atoms with Gasteiger partial charge in [0.1, 0.15) is 0 Å². The molecular formula is C24H32Cl2N4O3. The Kier molecular flexibility index (Phi) is 8.15. The summed E-state index contributed by atoms with van der Waals surface area (Å²) in [6.45, 7) is 6.11. The maximum Gasteiger partial charge on any atom is 0.253 e.